The molecular weight excluding hydrogens is 302 g/mol. The van der Waals surface area contributed by atoms with Gasteiger partial charge in [-0.3, -0.25) is 9.59 Å². The zero-order valence-electron chi connectivity index (χ0n) is 13.8. The Balaban J connectivity index is 0.00000242. The van der Waals surface area contributed by atoms with E-state index >= 15 is 0 Å². The summed E-state index contributed by atoms with van der Waals surface area (Å²) in [4.78, 5) is 26.3. The number of nitrogens with one attached hydrogen (secondary N) is 2. The number of carbonyl (C=O) groups excluding carboxylic acids is 2. The van der Waals surface area contributed by atoms with Gasteiger partial charge in [0.1, 0.15) is 0 Å². The summed E-state index contributed by atoms with van der Waals surface area (Å²) in [5.41, 5.74) is 0. The van der Waals surface area contributed by atoms with E-state index in [9.17, 15) is 9.59 Å². The number of amides is 2. The monoisotopic (exact) mass is 331 g/mol. The van der Waals surface area contributed by atoms with Gasteiger partial charge < -0.3 is 15.5 Å². The van der Waals surface area contributed by atoms with Crippen LogP contribution in [0.5, 0.6) is 0 Å². The molecule has 0 radical (unpaired) electrons. The van der Waals surface area contributed by atoms with Gasteiger partial charge in [0.2, 0.25) is 11.8 Å². The van der Waals surface area contributed by atoms with Crippen molar-refractivity contribution in [2.75, 3.05) is 20.1 Å². The molecule has 0 aromatic carbocycles. The van der Waals surface area contributed by atoms with Crippen LogP contribution in [0.1, 0.15) is 51.9 Å². The highest BCUT2D eigenvalue weighted by atomic mass is 35.5. The van der Waals surface area contributed by atoms with Crippen molar-refractivity contribution in [3.05, 3.63) is 0 Å². The van der Waals surface area contributed by atoms with Crippen LogP contribution in [0.2, 0.25) is 0 Å². The molecule has 22 heavy (non-hydrogen) atoms. The Kier molecular flexibility index (Phi) is 8.18. The number of nitrogens with zero attached hydrogens (tertiary/aromatic N) is 1. The van der Waals surface area contributed by atoms with Gasteiger partial charge in [-0.05, 0) is 32.7 Å². The van der Waals surface area contributed by atoms with Crippen LogP contribution in [0.15, 0.2) is 0 Å². The molecule has 1 heterocycles. The molecule has 2 N–H and O–H groups in total. The van der Waals surface area contributed by atoms with E-state index in [0.29, 0.717) is 12.5 Å². The van der Waals surface area contributed by atoms with E-state index in [1.54, 1.807) is 0 Å². The molecule has 2 rings (SSSR count). The molecule has 0 aromatic heterocycles. The van der Waals surface area contributed by atoms with Crippen molar-refractivity contribution < 1.29 is 9.59 Å². The third-order valence-corrected chi connectivity index (χ3v) is 4.82. The van der Waals surface area contributed by atoms with Gasteiger partial charge in [-0.15, -0.1) is 12.4 Å². The fourth-order valence-electron chi connectivity index (χ4n) is 3.36. The van der Waals surface area contributed by atoms with Crippen molar-refractivity contribution in [3.8, 4) is 0 Å². The van der Waals surface area contributed by atoms with Gasteiger partial charge in [-0.1, -0.05) is 19.3 Å². The van der Waals surface area contributed by atoms with Crippen molar-refractivity contribution >= 4 is 24.2 Å². The lowest BCUT2D eigenvalue weighted by molar-refractivity contribution is -0.132. The molecule has 2 fully saturated rings. The van der Waals surface area contributed by atoms with Gasteiger partial charge in [0, 0.05) is 38.0 Å². The number of likely N-dealkylation sites (N-methyl/N-ethyl adjacent to an activating group) is 1. The van der Waals surface area contributed by atoms with Crippen LogP contribution in [0.4, 0.5) is 0 Å². The first-order chi connectivity index (χ1) is 10.1. The Morgan fingerprint density at radius 3 is 2.50 bits per heavy atom. The number of halogens is 1. The largest absolute Gasteiger partial charge is 0.353 e. The zero-order valence-corrected chi connectivity index (χ0v) is 14.6. The fraction of sp³-hybridized carbons (Fsp3) is 0.875. The smallest absolute Gasteiger partial charge is 0.224 e. The summed E-state index contributed by atoms with van der Waals surface area (Å²) in [5, 5.41) is 6.30. The van der Waals surface area contributed by atoms with Crippen LogP contribution in [0, 0.1) is 5.92 Å². The first-order valence-corrected chi connectivity index (χ1v) is 8.34. The van der Waals surface area contributed by atoms with E-state index in [1.165, 1.54) is 6.42 Å². The summed E-state index contributed by atoms with van der Waals surface area (Å²) < 4.78 is 0. The lowest BCUT2D eigenvalue weighted by Gasteiger charge is -2.27. The minimum atomic E-state index is -0.0799. The van der Waals surface area contributed by atoms with Crippen molar-refractivity contribution in [1.82, 2.24) is 15.5 Å². The maximum Gasteiger partial charge on any atom is 0.224 e. The van der Waals surface area contributed by atoms with Crippen LogP contribution >= 0.6 is 12.4 Å². The molecule has 6 heteroatoms. The van der Waals surface area contributed by atoms with Gasteiger partial charge in [-0.25, -0.2) is 0 Å². The molecule has 2 unspecified atom stereocenters. The molecule has 128 valence electrons. The summed E-state index contributed by atoms with van der Waals surface area (Å²) in [6, 6.07) is 0.225. The maximum atomic E-state index is 12.2. The molecule has 1 aliphatic heterocycles. The Morgan fingerprint density at radius 2 is 1.91 bits per heavy atom. The Labute approximate surface area is 140 Å². The molecular formula is C16H30ClN3O2. The number of hydrogen-bond donors (Lipinski definition) is 2. The second kappa shape index (κ2) is 9.36. The van der Waals surface area contributed by atoms with Gasteiger partial charge in [0.15, 0.2) is 0 Å². The van der Waals surface area contributed by atoms with Crippen LogP contribution in [-0.2, 0) is 9.59 Å². The van der Waals surface area contributed by atoms with E-state index < -0.39 is 0 Å². The van der Waals surface area contributed by atoms with Crippen LogP contribution in [-0.4, -0.2) is 48.9 Å². The van der Waals surface area contributed by atoms with Crippen molar-refractivity contribution in [1.29, 1.82) is 0 Å². The topological polar surface area (TPSA) is 61.4 Å². The summed E-state index contributed by atoms with van der Waals surface area (Å²) in [7, 11) is 1.87. The Hall–Kier alpha value is -0.810. The minimum absolute atomic E-state index is 0. The third-order valence-electron chi connectivity index (χ3n) is 4.82. The molecule has 0 aromatic rings. The molecule has 0 bridgehead atoms. The van der Waals surface area contributed by atoms with Crippen LogP contribution in [0.25, 0.3) is 0 Å². The second-order valence-electron chi connectivity index (χ2n) is 6.60. The molecule has 2 atom stereocenters. The summed E-state index contributed by atoms with van der Waals surface area (Å²) >= 11 is 0. The summed E-state index contributed by atoms with van der Waals surface area (Å²) in [5.74, 6) is 0.424. The Morgan fingerprint density at radius 1 is 1.23 bits per heavy atom. The van der Waals surface area contributed by atoms with E-state index in [4.69, 9.17) is 0 Å². The quantitative estimate of drug-likeness (QED) is 0.806. The van der Waals surface area contributed by atoms with Gasteiger partial charge in [0.25, 0.3) is 0 Å². The first kappa shape index (κ1) is 19.2. The van der Waals surface area contributed by atoms with E-state index in [-0.39, 0.29) is 36.2 Å². The van der Waals surface area contributed by atoms with Crippen molar-refractivity contribution in [2.45, 2.75) is 64.0 Å². The van der Waals surface area contributed by atoms with Crippen LogP contribution in [0.3, 0.4) is 0 Å². The average molecular weight is 332 g/mol. The molecule has 0 spiro atoms. The predicted octanol–water partition coefficient (Wildman–Crippen LogP) is 1.70. The highest BCUT2D eigenvalue weighted by molar-refractivity contribution is 5.85. The highest BCUT2D eigenvalue weighted by Crippen LogP contribution is 2.23. The van der Waals surface area contributed by atoms with E-state index in [0.717, 1.165) is 45.2 Å². The van der Waals surface area contributed by atoms with Crippen molar-refractivity contribution in [3.63, 3.8) is 0 Å². The molecule has 1 aliphatic carbocycles. The standard InChI is InChI=1S/C16H29N3O2.ClH/c1-12(18-16(21)13-6-4-3-5-7-13)10-15(20)19(2)14-8-9-17-11-14;/h12-14,17H,3-11H2,1-2H3,(H,18,21);1H. The minimum Gasteiger partial charge on any atom is -0.353 e. The van der Waals surface area contributed by atoms with Crippen LogP contribution < -0.4 is 10.6 Å². The predicted molar refractivity (Wildman–Crippen MR) is 90.1 cm³/mol. The number of hydrogen-bond acceptors (Lipinski definition) is 3. The van der Waals surface area contributed by atoms with Crippen molar-refractivity contribution in [2.24, 2.45) is 5.92 Å². The third kappa shape index (κ3) is 5.43. The lowest BCUT2D eigenvalue weighted by Crippen LogP contribution is -2.44. The molecule has 1 saturated carbocycles. The lowest BCUT2D eigenvalue weighted by atomic mass is 9.88. The average Bonchev–Trinajstić information content (AvgIpc) is 3.01. The molecule has 1 saturated heterocycles. The number of carbonyl (C=O) groups is 2. The zero-order chi connectivity index (χ0) is 15.2. The fourth-order valence-corrected chi connectivity index (χ4v) is 3.36. The van der Waals surface area contributed by atoms with Gasteiger partial charge >= 0.3 is 0 Å². The SMILES string of the molecule is CC(CC(=O)N(C)C1CCNC1)NC(=O)C1CCCCC1.Cl. The molecule has 2 amide bonds. The second-order valence-corrected chi connectivity index (χ2v) is 6.60. The molecule has 5 nitrogen and oxygen atoms in total. The summed E-state index contributed by atoms with van der Waals surface area (Å²) in [6.07, 6.45) is 6.97. The van der Waals surface area contributed by atoms with Gasteiger partial charge in [-0.2, -0.15) is 0 Å². The Bertz CT molecular complexity index is 366. The number of rotatable bonds is 5. The highest BCUT2D eigenvalue weighted by Gasteiger charge is 2.26. The normalized spacial score (nSPS) is 23.5. The molecule has 2 aliphatic rings. The first-order valence-electron chi connectivity index (χ1n) is 8.34. The summed E-state index contributed by atoms with van der Waals surface area (Å²) in [6.45, 7) is 3.79. The maximum absolute atomic E-state index is 12.2. The van der Waals surface area contributed by atoms with Gasteiger partial charge in [0.05, 0.1) is 0 Å². The van der Waals surface area contributed by atoms with E-state index in [1.807, 2.05) is 18.9 Å². The van der Waals surface area contributed by atoms with E-state index in [2.05, 4.69) is 10.6 Å².